The van der Waals surface area contributed by atoms with Gasteiger partial charge >= 0.3 is 0 Å². The molecule has 0 aliphatic carbocycles. The quantitative estimate of drug-likeness (QED) is 0.868. The van der Waals surface area contributed by atoms with E-state index in [1.165, 1.54) is 5.56 Å². The number of fused-ring (bicyclic) bond motifs is 1. The highest BCUT2D eigenvalue weighted by molar-refractivity contribution is 5.36. The van der Waals surface area contributed by atoms with Gasteiger partial charge in [-0.1, -0.05) is 12.1 Å². The second-order valence-corrected chi connectivity index (χ2v) is 6.00. The minimum atomic E-state index is -0.897. The Morgan fingerprint density at radius 1 is 1.30 bits per heavy atom. The van der Waals surface area contributed by atoms with Crippen molar-refractivity contribution in [3.63, 3.8) is 0 Å². The Kier molecular flexibility index (Phi) is 4.66. The SMILES string of the molecule is COc1ccc(CN2CCn3nc([C@H](O)CO)cc3C2)cc1C. The van der Waals surface area contributed by atoms with E-state index >= 15 is 0 Å². The number of aliphatic hydroxyl groups excluding tert-OH is 2. The summed E-state index contributed by atoms with van der Waals surface area (Å²) in [5, 5.41) is 23.1. The fraction of sp³-hybridized carbons (Fsp3) is 0.471. The number of methoxy groups -OCH3 is 1. The third-order valence-corrected chi connectivity index (χ3v) is 4.28. The fourth-order valence-corrected chi connectivity index (χ4v) is 3.03. The van der Waals surface area contributed by atoms with Crippen molar-refractivity contribution in [3.8, 4) is 5.75 Å². The van der Waals surface area contributed by atoms with E-state index in [4.69, 9.17) is 9.84 Å². The molecule has 0 spiro atoms. The van der Waals surface area contributed by atoms with Gasteiger partial charge in [0.05, 0.1) is 31.6 Å². The highest BCUT2D eigenvalue weighted by atomic mass is 16.5. The summed E-state index contributed by atoms with van der Waals surface area (Å²) >= 11 is 0. The summed E-state index contributed by atoms with van der Waals surface area (Å²) in [5.74, 6) is 0.910. The van der Waals surface area contributed by atoms with Gasteiger partial charge in [0, 0.05) is 19.6 Å². The molecule has 6 nitrogen and oxygen atoms in total. The molecule has 2 heterocycles. The molecule has 6 heteroatoms. The second kappa shape index (κ2) is 6.70. The normalized spacial score (nSPS) is 16.2. The molecule has 1 aromatic carbocycles. The van der Waals surface area contributed by atoms with Gasteiger partial charge in [-0.3, -0.25) is 9.58 Å². The molecule has 1 aromatic heterocycles. The summed E-state index contributed by atoms with van der Waals surface area (Å²) in [6.45, 7) is 5.11. The Morgan fingerprint density at radius 2 is 2.13 bits per heavy atom. The van der Waals surface area contributed by atoms with Crippen molar-refractivity contribution in [2.24, 2.45) is 0 Å². The van der Waals surface area contributed by atoms with E-state index in [9.17, 15) is 5.11 Å². The third kappa shape index (κ3) is 3.39. The van der Waals surface area contributed by atoms with Crippen molar-refractivity contribution >= 4 is 0 Å². The first-order valence-electron chi connectivity index (χ1n) is 7.82. The average Bonchev–Trinajstić information content (AvgIpc) is 2.97. The minimum Gasteiger partial charge on any atom is -0.496 e. The molecule has 124 valence electrons. The van der Waals surface area contributed by atoms with Gasteiger partial charge in [0.15, 0.2) is 0 Å². The lowest BCUT2D eigenvalue weighted by molar-refractivity contribution is 0.0915. The molecule has 1 atom stereocenters. The number of rotatable bonds is 5. The van der Waals surface area contributed by atoms with Crippen LogP contribution < -0.4 is 4.74 Å². The molecule has 0 unspecified atom stereocenters. The van der Waals surface area contributed by atoms with Crippen LogP contribution in [-0.4, -0.2) is 45.2 Å². The van der Waals surface area contributed by atoms with E-state index in [0.29, 0.717) is 5.69 Å². The van der Waals surface area contributed by atoms with Crippen molar-refractivity contribution in [1.29, 1.82) is 0 Å². The van der Waals surface area contributed by atoms with Crippen LogP contribution in [0.5, 0.6) is 5.75 Å². The van der Waals surface area contributed by atoms with Crippen molar-refractivity contribution < 1.29 is 14.9 Å². The Labute approximate surface area is 135 Å². The molecular formula is C17H23N3O3. The van der Waals surface area contributed by atoms with Crippen LogP contribution in [0.2, 0.25) is 0 Å². The maximum absolute atomic E-state index is 9.71. The molecule has 0 saturated heterocycles. The van der Waals surface area contributed by atoms with Crippen LogP contribution in [0.3, 0.4) is 0 Å². The molecule has 23 heavy (non-hydrogen) atoms. The zero-order valence-electron chi connectivity index (χ0n) is 13.6. The van der Waals surface area contributed by atoms with Crippen LogP contribution in [0.25, 0.3) is 0 Å². The molecule has 0 fully saturated rings. The minimum absolute atomic E-state index is 0.300. The number of nitrogens with zero attached hydrogens (tertiary/aromatic N) is 3. The Balaban J connectivity index is 1.70. The third-order valence-electron chi connectivity index (χ3n) is 4.28. The van der Waals surface area contributed by atoms with Gasteiger partial charge in [0.1, 0.15) is 11.9 Å². The fourth-order valence-electron chi connectivity index (χ4n) is 3.03. The maximum atomic E-state index is 9.71. The molecule has 0 radical (unpaired) electrons. The molecular weight excluding hydrogens is 294 g/mol. The molecule has 2 aromatic rings. The lowest BCUT2D eigenvalue weighted by Crippen LogP contribution is -2.33. The zero-order valence-corrected chi connectivity index (χ0v) is 13.6. The van der Waals surface area contributed by atoms with Gasteiger partial charge in [0.25, 0.3) is 0 Å². The summed E-state index contributed by atoms with van der Waals surface area (Å²) in [6.07, 6.45) is -0.897. The summed E-state index contributed by atoms with van der Waals surface area (Å²) < 4.78 is 7.22. The number of hydrogen-bond acceptors (Lipinski definition) is 5. The summed E-state index contributed by atoms with van der Waals surface area (Å²) in [4.78, 5) is 2.35. The maximum Gasteiger partial charge on any atom is 0.121 e. The Hall–Kier alpha value is -1.89. The zero-order chi connectivity index (χ0) is 16.4. The van der Waals surface area contributed by atoms with Crippen molar-refractivity contribution in [2.45, 2.75) is 32.7 Å². The van der Waals surface area contributed by atoms with Gasteiger partial charge in [-0.25, -0.2) is 0 Å². The highest BCUT2D eigenvalue weighted by Gasteiger charge is 2.21. The smallest absolute Gasteiger partial charge is 0.121 e. The molecule has 0 amide bonds. The number of aromatic nitrogens is 2. The number of aliphatic hydroxyl groups is 2. The molecule has 1 aliphatic heterocycles. The van der Waals surface area contributed by atoms with Crippen molar-refractivity contribution in [1.82, 2.24) is 14.7 Å². The lowest BCUT2D eigenvalue weighted by Gasteiger charge is -2.27. The van der Waals surface area contributed by atoms with E-state index < -0.39 is 6.10 Å². The van der Waals surface area contributed by atoms with Gasteiger partial charge in [-0.15, -0.1) is 0 Å². The van der Waals surface area contributed by atoms with E-state index in [1.807, 2.05) is 16.8 Å². The second-order valence-electron chi connectivity index (χ2n) is 6.00. The van der Waals surface area contributed by atoms with Gasteiger partial charge in [-0.05, 0) is 30.2 Å². The van der Waals surface area contributed by atoms with Gasteiger partial charge in [-0.2, -0.15) is 5.10 Å². The standard InChI is InChI=1S/C17H23N3O3/c1-12-7-13(3-4-17(12)23-2)9-19-5-6-20-14(10-19)8-15(18-20)16(22)11-21/h3-4,7-8,16,21-22H,5-6,9-11H2,1-2H3/t16-/m1/s1. The summed E-state index contributed by atoms with van der Waals surface area (Å²) in [6, 6.07) is 8.14. The first-order chi connectivity index (χ1) is 11.1. The topological polar surface area (TPSA) is 70.8 Å². The first kappa shape index (κ1) is 16.0. The number of aryl methyl sites for hydroxylation is 1. The van der Waals surface area contributed by atoms with E-state index in [0.717, 1.165) is 43.2 Å². The van der Waals surface area contributed by atoms with E-state index in [1.54, 1.807) is 7.11 Å². The lowest BCUT2D eigenvalue weighted by atomic mass is 10.1. The monoisotopic (exact) mass is 317 g/mol. The molecule has 0 bridgehead atoms. The largest absolute Gasteiger partial charge is 0.496 e. The number of ether oxygens (including phenoxy) is 1. The van der Waals surface area contributed by atoms with Crippen molar-refractivity contribution in [3.05, 3.63) is 46.8 Å². The van der Waals surface area contributed by atoms with E-state index in [-0.39, 0.29) is 6.61 Å². The van der Waals surface area contributed by atoms with Crippen LogP contribution in [-0.2, 0) is 19.6 Å². The number of hydrogen-bond donors (Lipinski definition) is 2. The molecule has 2 N–H and O–H groups in total. The number of benzene rings is 1. The molecule has 3 rings (SSSR count). The first-order valence-corrected chi connectivity index (χ1v) is 7.82. The van der Waals surface area contributed by atoms with Crippen molar-refractivity contribution in [2.75, 3.05) is 20.3 Å². The average molecular weight is 317 g/mol. The van der Waals surface area contributed by atoms with Gasteiger partial charge < -0.3 is 14.9 Å². The predicted molar refractivity (Wildman–Crippen MR) is 86.1 cm³/mol. The van der Waals surface area contributed by atoms with Crippen LogP contribution >= 0.6 is 0 Å². The molecule has 0 saturated carbocycles. The molecule has 1 aliphatic rings. The van der Waals surface area contributed by atoms with Crippen LogP contribution in [0.1, 0.15) is 28.6 Å². The van der Waals surface area contributed by atoms with Crippen LogP contribution in [0.15, 0.2) is 24.3 Å². The Bertz CT molecular complexity index is 684. The van der Waals surface area contributed by atoms with Crippen LogP contribution in [0, 0.1) is 6.92 Å². The highest BCUT2D eigenvalue weighted by Crippen LogP contribution is 2.22. The Morgan fingerprint density at radius 3 is 2.83 bits per heavy atom. The van der Waals surface area contributed by atoms with E-state index in [2.05, 4.69) is 29.1 Å². The summed E-state index contributed by atoms with van der Waals surface area (Å²) in [5.41, 5.74) is 4.01. The summed E-state index contributed by atoms with van der Waals surface area (Å²) in [7, 11) is 1.69. The van der Waals surface area contributed by atoms with Gasteiger partial charge in [0.2, 0.25) is 0 Å². The predicted octanol–water partition coefficient (Wildman–Crippen LogP) is 1.24. The van der Waals surface area contributed by atoms with Crippen LogP contribution in [0.4, 0.5) is 0 Å².